The Kier molecular flexibility index (Phi) is 5.07. The highest BCUT2D eigenvalue weighted by Gasteiger charge is 2.05. The van der Waals surface area contributed by atoms with E-state index in [-0.39, 0.29) is 5.11 Å². The van der Waals surface area contributed by atoms with E-state index >= 15 is 0 Å². The van der Waals surface area contributed by atoms with Crippen LogP contribution >= 0.6 is 24.0 Å². The number of amides is 1. The van der Waals surface area contributed by atoms with Crippen LogP contribution in [-0.4, -0.2) is 24.6 Å². The normalized spacial score (nSPS) is 9.38. The number of hydrogen-bond donors (Lipinski definition) is 2. The minimum absolute atomic E-state index is 0.216. The molecule has 0 bridgehead atoms. The fourth-order valence-electron chi connectivity index (χ4n) is 1.05. The number of carbonyl (C=O) groups excluding carboxylic acids is 1. The largest absolute Gasteiger partial charge is 0.453 e. The van der Waals surface area contributed by atoms with E-state index < -0.39 is 6.09 Å². The summed E-state index contributed by atoms with van der Waals surface area (Å²) in [5.41, 5.74) is 0.858. The maximum absolute atomic E-state index is 10.9. The number of benzene rings is 1. The SMILES string of the molecule is COC(=O)NC(=S)Nc1ccccc1SC. The van der Waals surface area contributed by atoms with E-state index in [1.165, 1.54) is 7.11 Å². The molecule has 0 saturated carbocycles. The van der Waals surface area contributed by atoms with Crippen LogP contribution in [0, 0.1) is 0 Å². The Morgan fingerprint density at radius 3 is 2.75 bits per heavy atom. The van der Waals surface area contributed by atoms with Crippen molar-refractivity contribution in [1.82, 2.24) is 5.32 Å². The predicted molar refractivity (Wildman–Crippen MR) is 70.0 cm³/mol. The zero-order valence-electron chi connectivity index (χ0n) is 8.94. The quantitative estimate of drug-likeness (QED) is 0.629. The van der Waals surface area contributed by atoms with Crippen molar-refractivity contribution in [3.8, 4) is 0 Å². The van der Waals surface area contributed by atoms with Gasteiger partial charge < -0.3 is 10.1 Å². The summed E-state index contributed by atoms with van der Waals surface area (Å²) in [6.07, 6.45) is 1.39. The molecule has 0 heterocycles. The summed E-state index contributed by atoms with van der Waals surface area (Å²) in [6.45, 7) is 0. The average molecular weight is 256 g/mol. The van der Waals surface area contributed by atoms with Crippen LogP contribution in [0.4, 0.5) is 10.5 Å². The lowest BCUT2D eigenvalue weighted by atomic mass is 10.3. The maximum atomic E-state index is 10.9. The molecule has 0 atom stereocenters. The monoisotopic (exact) mass is 256 g/mol. The van der Waals surface area contributed by atoms with Gasteiger partial charge in [-0.3, -0.25) is 5.32 Å². The summed E-state index contributed by atoms with van der Waals surface area (Å²) >= 11 is 6.55. The molecule has 86 valence electrons. The van der Waals surface area contributed by atoms with Gasteiger partial charge >= 0.3 is 6.09 Å². The second-order valence-corrected chi connectivity index (χ2v) is 4.03. The molecule has 4 nitrogen and oxygen atoms in total. The molecule has 16 heavy (non-hydrogen) atoms. The lowest BCUT2D eigenvalue weighted by Gasteiger charge is -2.11. The summed E-state index contributed by atoms with van der Waals surface area (Å²) in [5, 5.41) is 5.52. The summed E-state index contributed by atoms with van der Waals surface area (Å²) < 4.78 is 4.43. The van der Waals surface area contributed by atoms with Gasteiger partial charge in [-0.15, -0.1) is 11.8 Å². The van der Waals surface area contributed by atoms with Crippen molar-refractivity contribution >= 4 is 40.9 Å². The minimum Gasteiger partial charge on any atom is -0.453 e. The van der Waals surface area contributed by atoms with E-state index in [1.54, 1.807) is 11.8 Å². The second kappa shape index (κ2) is 6.34. The number of thioether (sulfide) groups is 1. The number of nitrogens with one attached hydrogen (secondary N) is 2. The fraction of sp³-hybridized carbons (Fsp3) is 0.200. The number of alkyl carbamates (subject to hydrolysis) is 1. The average Bonchev–Trinajstić information content (AvgIpc) is 2.29. The zero-order valence-corrected chi connectivity index (χ0v) is 10.6. The lowest BCUT2D eigenvalue weighted by Crippen LogP contribution is -2.34. The molecular weight excluding hydrogens is 244 g/mol. The first-order valence-corrected chi connectivity index (χ1v) is 6.09. The molecular formula is C10H12N2O2S2. The van der Waals surface area contributed by atoms with Crippen LogP contribution in [0.15, 0.2) is 29.2 Å². The van der Waals surface area contributed by atoms with Gasteiger partial charge in [0, 0.05) is 4.90 Å². The van der Waals surface area contributed by atoms with Crippen molar-refractivity contribution in [3.05, 3.63) is 24.3 Å². The Bertz CT molecular complexity index is 396. The van der Waals surface area contributed by atoms with Crippen LogP contribution < -0.4 is 10.6 Å². The number of anilines is 1. The Morgan fingerprint density at radius 1 is 1.44 bits per heavy atom. The van der Waals surface area contributed by atoms with E-state index in [4.69, 9.17) is 12.2 Å². The van der Waals surface area contributed by atoms with Gasteiger partial charge in [-0.05, 0) is 30.6 Å². The summed E-state index contributed by atoms with van der Waals surface area (Å²) in [7, 11) is 1.29. The molecule has 0 saturated heterocycles. The van der Waals surface area contributed by atoms with E-state index in [9.17, 15) is 4.79 Å². The van der Waals surface area contributed by atoms with Gasteiger partial charge in [0.1, 0.15) is 0 Å². The van der Waals surface area contributed by atoms with E-state index in [1.807, 2.05) is 30.5 Å². The van der Waals surface area contributed by atoms with Crippen LogP contribution in [0.3, 0.4) is 0 Å². The number of ether oxygens (including phenoxy) is 1. The number of rotatable bonds is 2. The molecule has 0 unspecified atom stereocenters. The molecule has 1 aromatic carbocycles. The third-order valence-electron chi connectivity index (χ3n) is 1.76. The summed E-state index contributed by atoms with van der Waals surface area (Å²) in [4.78, 5) is 12.0. The molecule has 1 amide bonds. The highest BCUT2D eigenvalue weighted by atomic mass is 32.2. The van der Waals surface area contributed by atoms with Gasteiger partial charge in [0.15, 0.2) is 5.11 Å². The number of thiocarbonyl (C=S) groups is 1. The van der Waals surface area contributed by atoms with Crippen molar-refractivity contribution in [2.45, 2.75) is 4.90 Å². The molecule has 2 N–H and O–H groups in total. The van der Waals surface area contributed by atoms with Gasteiger partial charge in [0.25, 0.3) is 0 Å². The fourth-order valence-corrected chi connectivity index (χ4v) is 1.79. The van der Waals surface area contributed by atoms with Crippen LogP contribution in [0.2, 0.25) is 0 Å². The molecule has 0 aromatic heterocycles. The number of para-hydroxylation sites is 1. The second-order valence-electron chi connectivity index (χ2n) is 2.77. The van der Waals surface area contributed by atoms with Crippen molar-refractivity contribution < 1.29 is 9.53 Å². The van der Waals surface area contributed by atoms with Crippen LogP contribution in [0.5, 0.6) is 0 Å². The number of carbonyl (C=O) groups is 1. The Hall–Kier alpha value is -1.27. The Morgan fingerprint density at radius 2 is 2.12 bits per heavy atom. The van der Waals surface area contributed by atoms with Crippen molar-refractivity contribution in [2.75, 3.05) is 18.7 Å². The third kappa shape index (κ3) is 3.71. The molecule has 0 fully saturated rings. The van der Waals surface area contributed by atoms with Crippen LogP contribution in [0.25, 0.3) is 0 Å². The smallest absolute Gasteiger partial charge is 0.413 e. The number of methoxy groups -OCH3 is 1. The first kappa shape index (κ1) is 12.8. The van der Waals surface area contributed by atoms with Gasteiger partial charge in [-0.2, -0.15) is 0 Å². The Labute approximate surface area is 104 Å². The highest BCUT2D eigenvalue weighted by Crippen LogP contribution is 2.24. The molecule has 0 radical (unpaired) electrons. The first-order valence-electron chi connectivity index (χ1n) is 4.46. The van der Waals surface area contributed by atoms with Gasteiger partial charge in [-0.25, -0.2) is 4.79 Å². The first-order chi connectivity index (χ1) is 7.67. The van der Waals surface area contributed by atoms with E-state index in [0.29, 0.717) is 0 Å². The molecule has 0 aliphatic heterocycles. The van der Waals surface area contributed by atoms with Crippen LogP contribution in [0.1, 0.15) is 0 Å². The predicted octanol–water partition coefficient (Wildman–Crippen LogP) is 2.46. The van der Waals surface area contributed by atoms with Crippen molar-refractivity contribution in [2.24, 2.45) is 0 Å². The molecule has 0 spiro atoms. The van der Waals surface area contributed by atoms with E-state index in [2.05, 4.69) is 15.4 Å². The summed E-state index contributed by atoms with van der Waals surface area (Å²) in [6, 6.07) is 7.68. The standard InChI is InChI=1S/C10H12N2O2S2/c1-14-10(13)12-9(15)11-7-5-3-4-6-8(7)16-2/h3-6H,1-2H3,(H2,11,12,13,15). The minimum atomic E-state index is -0.584. The molecule has 6 heteroatoms. The molecule has 0 aliphatic rings. The lowest BCUT2D eigenvalue weighted by molar-refractivity contribution is 0.177. The molecule has 1 aromatic rings. The Balaban J connectivity index is 2.65. The van der Waals surface area contributed by atoms with Crippen molar-refractivity contribution in [1.29, 1.82) is 0 Å². The van der Waals surface area contributed by atoms with Crippen molar-refractivity contribution in [3.63, 3.8) is 0 Å². The van der Waals surface area contributed by atoms with Crippen LogP contribution in [-0.2, 0) is 4.74 Å². The third-order valence-corrected chi connectivity index (χ3v) is 2.76. The maximum Gasteiger partial charge on any atom is 0.413 e. The molecule has 1 rings (SSSR count). The topological polar surface area (TPSA) is 50.4 Å². The number of hydrogen-bond acceptors (Lipinski definition) is 4. The summed E-state index contributed by atoms with van der Waals surface area (Å²) in [5.74, 6) is 0. The molecule has 0 aliphatic carbocycles. The van der Waals surface area contributed by atoms with Gasteiger partial charge in [-0.1, -0.05) is 12.1 Å². The zero-order chi connectivity index (χ0) is 12.0. The van der Waals surface area contributed by atoms with E-state index in [0.717, 1.165) is 10.6 Å². The van der Waals surface area contributed by atoms with Gasteiger partial charge in [0.2, 0.25) is 0 Å². The van der Waals surface area contributed by atoms with Gasteiger partial charge in [0.05, 0.1) is 12.8 Å². The highest BCUT2D eigenvalue weighted by molar-refractivity contribution is 7.98.